The van der Waals surface area contributed by atoms with E-state index in [0.717, 1.165) is 37.7 Å². The van der Waals surface area contributed by atoms with Gasteiger partial charge in [-0.3, -0.25) is 4.72 Å². The number of hydrogen-bond donors (Lipinski definition) is 1. The van der Waals surface area contributed by atoms with Gasteiger partial charge in [0.2, 0.25) is 5.95 Å². The van der Waals surface area contributed by atoms with E-state index in [9.17, 15) is 21.6 Å². The summed E-state index contributed by atoms with van der Waals surface area (Å²) >= 11 is 6.12. The molecule has 2 aliphatic rings. The number of nitrogens with one attached hydrogen (secondary N) is 1. The first kappa shape index (κ1) is 21.2. The summed E-state index contributed by atoms with van der Waals surface area (Å²) in [5.74, 6) is -3.07. The largest absolute Gasteiger partial charge is 0.370 e. The minimum atomic E-state index is -4.72. The molecule has 0 aliphatic carbocycles. The quantitative estimate of drug-likeness (QED) is 0.547. The molecule has 2 saturated heterocycles. The minimum Gasteiger partial charge on any atom is -0.370 e. The zero-order valence-corrected chi connectivity index (χ0v) is 17.7. The summed E-state index contributed by atoms with van der Waals surface area (Å²) in [6, 6.07) is 4.32. The monoisotopic (exact) mass is 460 g/mol. The molecule has 1 aromatic carbocycles. The van der Waals surface area contributed by atoms with Crippen molar-refractivity contribution in [2.45, 2.75) is 11.3 Å². The van der Waals surface area contributed by atoms with Crippen LogP contribution in [-0.2, 0) is 10.0 Å². The number of anilines is 2. The van der Waals surface area contributed by atoms with Gasteiger partial charge in [0.1, 0.15) is 16.7 Å². The van der Waals surface area contributed by atoms with Crippen molar-refractivity contribution in [3.63, 3.8) is 0 Å². The van der Waals surface area contributed by atoms with Gasteiger partial charge in [0.25, 0.3) is 10.0 Å². The van der Waals surface area contributed by atoms with Crippen molar-refractivity contribution in [2.75, 3.05) is 42.8 Å². The fourth-order valence-electron chi connectivity index (χ4n) is 4.13. The lowest BCUT2D eigenvalue weighted by Crippen LogP contribution is -2.48. The van der Waals surface area contributed by atoms with E-state index in [-0.39, 0.29) is 5.69 Å². The summed E-state index contributed by atoms with van der Waals surface area (Å²) in [7, 11) is -2.68. The van der Waals surface area contributed by atoms with Crippen molar-refractivity contribution < 1.29 is 21.6 Å². The predicted octanol–water partition coefficient (Wildman–Crippen LogP) is 3.34. The van der Waals surface area contributed by atoms with Crippen molar-refractivity contribution in [2.24, 2.45) is 11.8 Å². The highest BCUT2D eigenvalue weighted by molar-refractivity contribution is 7.92. The summed E-state index contributed by atoms with van der Waals surface area (Å²) < 4.78 is 69.8. The van der Waals surface area contributed by atoms with Crippen molar-refractivity contribution in [3.05, 3.63) is 46.9 Å². The topological polar surface area (TPSA) is 65.5 Å². The summed E-state index contributed by atoms with van der Waals surface area (Å²) in [4.78, 5) is 6.12. The van der Waals surface area contributed by atoms with Crippen LogP contribution in [0.15, 0.2) is 29.2 Å². The fourth-order valence-corrected chi connectivity index (χ4v) is 5.60. The van der Waals surface area contributed by atoms with Crippen LogP contribution >= 0.6 is 11.6 Å². The molecule has 0 unspecified atom stereocenters. The van der Waals surface area contributed by atoms with Gasteiger partial charge in [-0.05, 0) is 37.4 Å². The van der Waals surface area contributed by atoms with Gasteiger partial charge in [-0.1, -0.05) is 17.7 Å². The van der Waals surface area contributed by atoms with E-state index < -0.39 is 43.3 Å². The highest BCUT2D eigenvalue weighted by Gasteiger charge is 2.37. The lowest BCUT2D eigenvalue weighted by molar-refractivity contribution is 0.0909. The number of rotatable bonds is 5. The average molecular weight is 461 g/mol. The van der Waals surface area contributed by atoms with Crippen LogP contribution in [0.2, 0.25) is 5.02 Å². The molecule has 30 heavy (non-hydrogen) atoms. The SMILES string of the molecule is CN1CC([C@H]2CCN(c3cc(F)c(S(=O)(=O)Nc4cccc(F)n4)c(F)c3Cl)C2)C1. The van der Waals surface area contributed by atoms with Crippen molar-refractivity contribution in [1.29, 1.82) is 0 Å². The fraction of sp³-hybridized carbons (Fsp3) is 0.421. The van der Waals surface area contributed by atoms with E-state index in [0.29, 0.717) is 24.9 Å². The molecular weight excluding hydrogens is 441 g/mol. The Morgan fingerprint density at radius 2 is 1.90 bits per heavy atom. The van der Waals surface area contributed by atoms with E-state index in [2.05, 4.69) is 9.88 Å². The summed E-state index contributed by atoms with van der Waals surface area (Å²) in [5.41, 5.74) is 0.129. The van der Waals surface area contributed by atoms with Gasteiger partial charge in [-0.15, -0.1) is 0 Å². The van der Waals surface area contributed by atoms with Crippen LogP contribution < -0.4 is 9.62 Å². The third-order valence-electron chi connectivity index (χ3n) is 5.64. The van der Waals surface area contributed by atoms with Gasteiger partial charge in [-0.2, -0.15) is 4.39 Å². The normalized spacial score (nSPS) is 20.4. The molecule has 2 aliphatic heterocycles. The first-order chi connectivity index (χ1) is 14.2. The Labute approximate surface area is 177 Å². The number of halogens is 4. The standard InChI is InChI=1S/C19H20ClF3N4O2S/c1-26-8-12(9-26)11-5-6-27(10-11)14-7-13(21)19(18(23)17(14)20)30(28,29)25-16-4-2-3-15(22)24-16/h2-4,7,11-12H,5-6,8-10H2,1H3,(H,24,25)/t11-/m0/s1. The number of aromatic nitrogens is 1. The van der Waals surface area contributed by atoms with Gasteiger partial charge < -0.3 is 9.80 Å². The third-order valence-corrected chi connectivity index (χ3v) is 7.39. The molecule has 2 fully saturated rings. The number of hydrogen-bond acceptors (Lipinski definition) is 5. The first-order valence-corrected chi connectivity index (χ1v) is 11.3. The molecule has 4 rings (SSSR count). The van der Waals surface area contributed by atoms with E-state index in [4.69, 9.17) is 11.6 Å². The second-order valence-corrected chi connectivity index (χ2v) is 9.76. The van der Waals surface area contributed by atoms with Crippen LogP contribution in [0.1, 0.15) is 6.42 Å². The van der Waals surface area contributed by atoms with Gasteiger partial charge in [0.05, 0.1) is 5.69 Å². The smallest absolute Gasteiger partial charge is 0.268 e. The molecule has 0 radical (unpaired) electrons. The van der Waals surface area contributed by atoms with Crippen LogP contribution in [0.25, 0.3) is 0 Å². The molecule has 162 valence electrons. The van der Waals surface area contributed by atoms with E-state index in [1.165, 1.54) is 6.07 Å². The third kappa shape index (κ3) is 3.95. The maximum Gasteiger partial charge on any atom is 0.268 e. The van der Waals surface area contributed by atoms with Crippen LogP contribution in [0.3, 0.4) is 0 Å². The maximum atomic E-state index is 14.9. The molecule has 0 amide bonds. The Balaban J connectivity index is 1.60. The molecule has 1 N–H and O–H groups in total. The molecule has 0 saturated carbocycles. The predicted molar refractivity (Wildman–Crippen MR) is 108 cm³/mol. The van der Waals surface area contributed by atoms with Gasteiger partial charge >= 0.3 is 0 Å². The lowest BCUT2D eigenvalue weighted by Gasteiger charge is -2.40. The second kappa shape index (κ2) is 7.90. The highest BCUT2D eigenvalue weighted by atomic mass is 35.5. The van der Waals surface area contributed by atoms with E-state index in [1.54, 1.807) is 4.90 Å². The number of pyridine rings is 1. The van der Waals surface area contributed by atoms with Crippen molar-refractivity contribution in [3.8, 4) is 0 Å². The van der Waals surface area contributed by atoms with Crippen molar-refractivity contribution >= 4 is 33.1 Å². The molecule has 11 heteroatoms. The minimum absolute atomic E-state index is 0.129. The van der Waals surface area contributed by atoms with Crippen LogP contribution in [-0.4, -0.2) is 51.5 Å². The van der Waals surface area contributed by atoms with E-state index >= 15 is 0 Å². The molecular formula is C19H20ClF3N4O2S. The lowest BCUT2D eigenvalue weighted by atomic mass is 9.85. The maximum absolute atomic E-state index is 14.9. The first-order valence-electron chi connectivity index (χ1n) is 9.42. The molecule has 1 atom stereocenters. The zero-order chi connectivity index (χ0) is 21.6. The molecule has 2 aromatic rings. The number of sulfonamides is 1. The summed E-state index contributed by atoms with van der Waals surface area (Å²) in [6.07, 6.45) is 0.880. The molecule has 1 aromatic heterocycles. The molecule has 6 nitrogen and oxygen atoms in total. The highest BCUT2D eigenvalue weighted by Crippen LogP contribution is 2.39. The van der Waals surface area contributed by atoms with Crippen molar-refractivity contribution in [1.82, 2.24) is 9.88 Å². The van der Waals surface area contributed by atoms with Crippen LogP contribution in [0.4, 0.5) is 24.7 Å². The zero-order valence-electron chi connectivity index (χ0n) is 16.1. The Bertz CT molecular complexity index is 1080. The van der Waals surface area contributed by atoms with E-state index in [1.807, 2.05) is 11.8 Å². The van der Waals surface area contributed by atoms with Gasteiger partial charge in [-0.25, -0.2) is 22.2 Å². The van der Waals surface area contributed by atoms with Crippen LogP contribution in [0.5, 0.6) is 0 Å². The van der Waals surface area contributed by atoms with Crippen LogP contribution in [0, 0.1) is 29.4 Å². The average Bonchev–Trinajstić information content (AvgIpc) is 3.11. The van der Waals surface area contributed by atoms with Gasteiger partial charge in [0, 0.05) is 32.2 Å². The Morgan fingerprint density at radius 3 is 2.57 bits per heavy atom. The number of benzene rings is 1. The Kier molecular flexibility index (Phi) is 5.58. The number of likely N-dealkylation sites (tertiary alicyclic amines) is 1. The second-order valence-electron chi connectivity index (χ2n) is 7.76. The Morgan fingerprint density at radius 1 is 1.17 bits per heavy atom. The summed E-state index contributed by atoms with van der Waals surface area (Å²) in [5, 5.41) is -0.463. The molecule has 0 spiro atoms. The van der Waals surface area contributed by atoms with Gasteiger partial charge in [0.15, 0.2) is 10.7 Å². The molecule has 3 heterocycles. The summed E-state index contributed by atoms with van der Waals surface area (Å²) in [6.45, 7) is 3.17. The molecule has 0 bridgehead atoms. The number of nitrogens with zero attached hydrogens (tertiary/aromatic N) is 3. The Hall–Kier alpha value is -2.04.